The average Bonchev–Trinajstić information content (AvgIpc) is 2.80. The second-order valence-electron chi connectivity index (χ2n) is 9.39. The lowest BCUT2D eigenvalue weighted by molar-refractivity contribution is -0.384. The van der Waals surface area contributed by atoms with E-state index >= 15 is 0 Å². The van der Waals surface area contributed by atoms with Gasteiger partial charge < -0.3 is 4.90 Å². The third-order valence-electron chi connectivity index (χ3n) is 6.48. The summed E-state index contributed by atoms with van der Waals surface area (Å²) in [5.41, 5.74) is 1.05. The molecular formula is C28H50N2O2. The van der Waals surface area contributed by atoms with Gasteiger partial charge in [-0.2, -0.15) is 0 Å². The van der Waals surface area contributed by atoms with Crippen molar-refractivity contribution in [1.82, 2.24) is 0 Å². The van der Waals surface area contributed by atoms with Crippen LogP contribution in [-0.2, 0) is 0 Å². The predicted octanol–water partition coefficient (Wildman–Crippen LogP) is 9.46. The van der Waals surface area contributed by atoms with Crippen molar-refractivity contribution in [1.29, 1.82) is 0 Å². The third-order valence-corrected chi connectivity index (χ3v) is 6.48. The summed E-state index contributed by atoms with van der Waals surface area (Å²) in [5, 5.41) is 11.6. The van der Waals surface area contributed by atoms with Crippen LogP contribution in [0.2, 0.25) is 0 Å². The first-order chi connectivity index (χ1) is 15.7. The van der Waals surface area contributed by atoms with E-state index in [1.807, 2.05) is 12.1 Å². The molecule has 0 aliphatic rings. The van der Waals surface area contributed by atoms with Crippen molar-refractivity contribution in [2.45, 2.75) is 129 Å². The fourth-order valence-electron chi connectivity index (χ4n) is 4.47. The average molecular weight is 447 g/mol. The summed E-state index contributed by atoms with van der Waals surface area (Å²) < 4.78 is 0. The number of unbranched alkanes of at least 4 members (excludes halogenated alkanes) is 16. The maximum atomic E-state index is 11.6. The van der Waals surface area contributed by atoms with Crippen LogP contribution in [0, 0.1) is 10.1 Å². The van der Waals surface area contributed by atoms with Gasteiger partial charge in [0.25, 0.3) is 5.69 Å². The van der Waals surface area contributed by atoms with Crippen molar-refractivity contribution >= 4 is 11.4 Å². The molecule has 32 heavy (non-hydrogen) atoms. The number of hydrogen-bond donors (Lipinski definition) is 0. The molecule has 184 valence electrons. The Kier molecular flexibility index (Phi) is 17.8. The van der Waals surface area contributed by atoms with Crippen LogP contribution >= 0.6 is 0 Å². The molecule has 0 aliphatic heterocycles. The van der Waals surface area contributed by atoms with Gasteiger partial charge in [0, 0.05) is 19.2 Å². The second-order valence-corrected chi connectivity index (χ2v) is 9.39. The third kappa shape index (κ3) is 13.8. The Morgan fingerprint density at radius 1 is 0.625 bits per heavy atom. The largest absolute Gasteiger partial charge is 0.366 e. The van der Waals surface area contributed by atoms with E-state index in [1.54, 1.807) is 12.1 Å². The molecule has 0 radical (unpaired) electrons. The summed E-state index contributed by atoms with van der Waals surface area (Å²) in [4.78, 5) is 13.6. The highest BCUT2D eigenvalue weighted by Crippen LogP contribution is 2.28. The van der Waals surface area contributed by atoms with E-state index in [0.717, 1.165) is 31.6 Å². The van der Waals surface area contributed by atoms with E-state index in [0.29, 0.717) is 0 Å². The predicted molar refractivity (Wildman–Crippen MR) is 140 cm³/mol. The summed E-state index contributed by atoms with van der Waals surface area (Å²) in [7, 11) is 0. The molecule has 1 aromatic carbocycles. The number of nitro groups is 1. The van der Waals surface area contributed by atoms with Crippen LogP contribution in [-0.4, -0.2) is 18.0 Å². The first-order valence-electron chi connectivity index (χ1n) is 13.7. The van der Waals surface area contributed by atoms with Crippen molar-refractivity contribution < 1.29 is 4.92 Å². The lowest BCUT2D eigenvalue weighted by Crippen LogP contribution is -2.26. The van der Waals surface area contributed by atoms with Gasteiger partial charge in [-0.1, -0.05) is 129 Å². The topological polar surface area (TPSA) is 46.4 Å². The molecule has 0 spiro atoms. The number of hydrogen-bond acceptors (Lipinski definition) is 3. The van der Waals surface area contributed by atoms with Crippen LogP contribution in [0.1, 0.15) is 129 Å². The van der Waals surface area contributed by atoms with Gasteiger partial charge in [-0.25, -0.2) is 0 Å². The Hall–Kier alpha value is -1.58. The fourth-order valence-corrected chi connectivity index (χ4v) is 4.47. The van der Waals surface area contributed by atoms with E-state index in [4.69, 9.17) is 0 Å². The summed E-state index contributed by atoms with van der Waals surface area (Å²) in [5.74, 6) is 0. The van der Waals surface area contributed by atoms with Crippen molar-refractivity contribution in [2.24, 2.45) is 0 Å². The van der Waals surface area contributed by atoms with Crippen molar-refractivity contribution in [3.8, 4) is 0 Å². The highest BCUT2D eigenvalue weighted by atomic mass is 16.6. The molecule has 0 saturated heterocycles. The molecule has 1 aromatic rings. The van der Waals surface area contributed by atoms with Crippen LogP contribution in [0.5, 0.6) is 0 Å². The molecule has 1 rings (SSSR count). The van der Waals surface area contributed by atoms with Gasteiger partial charge in [0.05, 0.1) is 4.92 Å². The minimum Gasteiger partial charge on any atom is -0.366 e. The van der Waals surface area contributed by atoms with Gasteiger partial charge in [-0.15, -0.1) is 0 Å². The highest BCUT2D eigenvalue weighted by molar-refractivity contribution is 5.63. The fraction of sp³-hybridized carbons (Fsp3) is 0.786. The van der Waals surface area contributed by atoms with Crippen LogP contribution in [0.4, 0.5) is 11.4 Å². The van der Waals surface area contributed by atoms with E-state index in [2.05, 4.69) is 18.7 Å². The standard InChI is InChI=1S/C28H50N2O2/c1-3-5-7-9-11-13-15-17-21-25-29(27-23-19-20-24-28(27)30(31)32)26-22-18-16-14-12-10-8-6-4-2/h19-20,23-24H,3-18,21-22,25-26H2,1-2H3. The first kappa shape index (κ1) is 28.5. The van der Waals surface area contributed by atoms with Crippen molar-refractivity contribution in [2.75, 3.05) is 18.0 Å². The number of benzene rings is 1. The number of nitrogens with zero attached hydrogens (tertiary/aromatic N) is 2. The molecule has 0 fully saturated rings. The molecular weight excluding hydrogens is 396 g/mol. The summed E-state index contributed by atoms with van der Waals surface area (Å²) >= 11 is 0. The zero-order chi connectivity index (χ0) is 23.3. The highest BCUT2D eigenvalue weighted by Gasteiger charge is 2.18. The molecule has 0 aromatic heterocycles. The lowest BCUT2D eigenvalue weighted by atomic mass is 10.1. The van der Waals surface area contributed by atoms with E-state index in [-0.39, 0.29) is 10.6 Å². The maximum Gasteiger partial charge on any atom is 0.292 e. The van der Waals surface area contributed by atoms with Gasteiger partial charge >= 0.3 is 0 Å². The molecule has 0 heterocycles. The minimum atomic E-state index is -0.227. The zero-order valence-electron chi connectivity index (χ0n) is 21.2. The second kappa shape index (κ2) is 20.1. The maximum absolute atomic E-state index is 11.6. The number of para-hydroxylation sites is 2. The van der Waals surface area contributed by atoms with Gasteiger partial charge in [-0.05, 0) is 18.9 Å². The van der Waals surface area contributed by atoms with Gasteiger partial charge in [0.15, 0.2) is 0 Å². The smallest absolute Gasteiger partial charge is 0.292 e. The molecule has 4 heteroatoms. The SMILES string of the molecule is CCCCCCCCCCCN(CCCCCCCCCCC)c1ccccc1[N+](=O)[O-]. The number of rotatable bonds is 22. The van der Waals surface area contributed by atoms with Crippen LogP contribution in [0.3, 0.4) is 0 Å². The van der Waals surface area contributed by atoms with E-state index < -0.39 is 0 Å². The van der Waals surface area contributed by atoms with Gasteiger partial charge in [0.2, 0.25) is 0 Å². The lowest BCUT2D eigenvalue weighted by Gasteiger charge is -2.24. The Labute approximate surface area is 198 Å². The molecule has 0 bridgehead atoms. The van der Waals surface area contributed by atoms with Crippen LogP contribution in [0.15, 0.2) is 24.3 Å². The molecule has 0 saturated carbocycles. The van der Waals surface area contributed by atoms with Crippen molar-refractivity contribution in [3.05, 3.63) is 34.4 Å². The molecule has 0 amide bonds. The van der Waals surface area contributed by atoms with E-state index in [1.165, 1.54) is 103 Å². The molecule has 0 atom stereocenters. The minimum absolute atomic E-state index is 0.227. The quantitative estimate of drug-likeness (QED) is 0.101. The summed E-state index contributed by atoms with van der Waals surface area (Å²) in [6.45, 7) is 6.38. The number of anilines is 1. The molecule has 4 nitrogen and oxygen atoms in total. The molecule has 0 N–H and O–H groups in total. The van der Waals surface area contributed by atoms with Gasteiger partial charge in [-0.3, -0.25) is 10.1 Å². The van der Waals surface area contributed by atoms with Crippen LogP contribution in [0.25, 0.3) is 0 Å². The molecule has 0 unspecified atom stereocenters. The van der Waals surface area contributed by atoms with Gasteiger partial charge in [0.1, 0.15) is 5.69 Å². The number of nitro benzene ring substituents is 1. The zero-order valence-corrected chi connectivity index (χ0v) is 21.2. The Balaban J connectivity index is 2.38. The normalized spacial score (nSPS) is 11.1. The molecule has 0 aliphatic carbocycles. The monoisotopic (exact) mass is 446 g/mol. The summed E-state index contributed by atoms with van der Waals surface area (Å²) in [6.07, 6.45) is 23.5. The van der Waals surface area contributed by atoms with E-state index in [9.17, 15) is 10.1 Å². The Bertz CT molecular complexity index is 554. The van der Waals surface area contributed by atoms with Crippen molar-refractivity contribution in [3.63, 3.8) is 0 Å². The van der Waals surface area contributed by atoms with Crippen LogP contribution < -0.4 is 4.90 Å². The summed E-state index contributed by atoms with van der Waals surface area (Å²) in [6, 6.07) is 7.29. The Morgan fingerprint density at radius 2 is 1.00 bits per heavy atom. The first-order valence-corrected chi connectivity index (χ1v) is 13.7. The Morgan fingerprint density at radius 3 is 1.41 bits per heavy atom.